The van der Waals surface area contributed by atoms with E-state index in [1.807, 2.05) is 4.90 Å². The monoisotopic (exact) mass is 519 g/mol. The molecule has 2 N–H and O–H groups in total. The van der Waals surface area contributed by atoms with Crippen molar-refractivity contribution in [2.24, 2.45) is 0 Å². The third-order valence-corrected chi connectivity index (χ3v) is 6.90. The second kappa shape index (κ2) is 10.7. The summed E-state index contributed by atoms with van der Waals surface area (Å²) >= 11 is -1.91. The number of nitrogens with one attached hydrogen (secondary N) is 1. The van der Waals surface area contributed by atoms with E-state index in [9.17, 15) is 27.6 Å². The van der Waals surface area contributed by atoms with Crippen LogP contribution in [0, 0.1) is 6.92 Å². The second-order valence-electron chi connectivity index (χ2n) is 8.24. The first kappa shape index (κ1) is 25.7. The van der Waals surface area contributed by atoms with Crippen molar-refractivity contribution in [2.45, 2.75) is 24.2 Å². The van der Waals surface area contributed by atoms with Gasteiger partial charge in [-0.2, -0.15) is 22.9 Å². The number of aliphatic hydroxyl groups is 1. The molecule has 36 heavy (non-hydrogen) atoms. The Morgan fingerprint density at radius 2 is 1.92 bits per heavy atom. The Kier molecular flexibility index (Phi) is 7.67. The summed E-state index contributed by atoms with van der Waals surface area (Å²) in [6.45, 7) is 2.73. The average molecular weight is 520 g/mol. The first-order valence-electron chi connectivity index (χ1n) is 11.1. The van der Waals surface area contributed by atoms with Crippen LogP contribution in [0.5, 0.6) is 0 Å². The zero-order valence-electron chi connectivity index (χ0n) is 19.3. The van der Waals surface area contributed by atoms with Gasteiger partial charge >= 0.3 is 6.18 Å². The molecule has 4 rings (SSSR count). The van der Waals surface area contributed by atoms with E-state index in [1.54, 1.807) is 43.3 Å². The van der Waals surface area contributed by atoms with Crippen LogP contribution >= 0.6 is 0 Å². The van der Waals surface area contributed by atoms with E-state index in [-0.39, 0.29) is 29.2 Å². The van der Waals surface area contributed by atoms with E-state index in [0.717, 1.165) is 12.1 Å². The van der Waals surface area contributed by atoms with Crippen LogP contribution < -0.4 is 9.62 Å². The average Bonchev–Trinajstić information content (AvgIpc) is 2.88. The van der Waals surface area contributed by atoms with Crippen LogP contribution in [0.25, 0.3) is 11.3 Å². The lowest BCUT2D eigenvalue weighted by atomic mass is 10.0. The van der Waals surface area contributed by atoms with Crippen molar-refractivity contribution < 1.29 is 27.6 Å². The summed E-state index contributed by atoms with van der Waals surface area (Å²) in [5.41, 5.74) is -0.195. The maximum Gasteiger partial charge on any atom is 0.418 e. The molecule has 1 aromatic carbocycles. The zero-order chi connectivity index (χ0) is 25.9. The molecule has 12 heteroatoms. The predicted octanol–water partition coefficient (Wildman–Crippen LogP) is 3.24. The molecular weight excluding hydrogens is 495 g/mol. The molecule has 3 heterocycles. The number of alkyl halides is 3. The molecule has 8 nitrogen and oxygen atoms in total. The smallest absolute Gasteiger partial charge is 0.418 e. The van der Waals surface area contributed by atoms with E-state index >= 15 is 0 Å². The topological polar surface area (TPSA) is 105 Å². The summed E-state index contributed by atoms with van der Waals surface area (Å²) < 4.78 is 56.7. The van der Waals surface area contributed by atoms with Crippen LogP contribution in [0.3, 0.4) is 0 Å². The highest BCUT2D eigenvalue weighted by Gasteiger charge is 2.35. The van der Waals surface area contributed by atoms with Gasteiger partial charge in [-0.05, 0) is 30.7 Å². The van der Waals surface area contributed by atoms with Crippen molar-refractivity contribution in [3.8, 4) is 11.3 Å². The molecule has 2 atom stereocenters. The van der Waals surface area contributed by atoms with Gasteiger partial charge in [0.05, 0.1) is 23.9 Å². The Morgan fingerprint density at radius 1 is 1.14 bits per heavy atom. The molecule has 0 aliphatic carbocycles. The van der Waals surface area contributed by atoms with Crippen molar-refractivity contribution in [3.05, 3.63) is 65.7 Å². The number of benzene rings is 1. The van der Waals surface area contributed by atoms with Gasteiger partial charge in [0, 0.05) is 31.3 Å². The van der Waals surface area contributed by atoms with Gasteiger partial charge in [-0.3, -0.25) is 4.79 Å². The van der Waals surface area contributed by atoms with Gasteiger partial charge in [-0.1, -0.05) is 30.3 Å². The van der Waals surface area contributed by atoms with Crippen LogP contribution in [-0.2, 0) is 22.3 Å². The molecular formula is C24H24F3N5O3S. The number of carbonyl (C=O) groups is 1. The third-order valence-electron chi connectivity index (χ3n) is 5.90. The number of hydrogen-bond acceptors (Lipinski definition) is 7. The van der Waals surface area contributed by atoms with Crippen LogP contribution in [0.15, 0.2) is 59.6 Å². The van der Waals surface area contributed by atoms with Crippen LogP contribution in [0.1, 0.15) is 11.1 Å². The van der Waals surface area contributed by atoms with Gasteiger partial charge < -0.3 is 19.5 Å². The molecule has 0 saturated carbocycles. The Labute approximate surface area is 209 Å². The molecule has 2 aromatic heterocycles. The third kappa shape index (κ3) is 5.55. The summed E-state index contributed by atoms with van der Waals surface area (Å²) in [6.07, 6.45) is -3.91. The minimum absolute atomic E-state index is 0.00623. The first-order chi connectivity index (χ1) is 17.2. The van der Waals surface area contributed by atoms with E-state index in [4.69, 9.17) is 0 Å². The summed E-state index contributed by atoms with van der Waals surface area (Å²) in [4.78, 5) is 23.1. The van der Waals surface area contributed by atoms with E-state index in [2.05, 4.69) is 14.7 Å². The number of amides is 1. The largest absolute Gasteiger partial charge is 0.587 e. The van der Waals surface area contributed by atoms with Crippen molar-refractivity contribution in [1.29, 1.82) is 0 Å². The van der Waals surface area contributed by atoms with E-state index in [1.165, 1.54) is 11.0 Å². The predicted molar refractivity (Wildman–Crippen MR) is 130 cm³/mol. The fourth-order valence-electron chi connectivity index (χ4n) is 4.00. The van der Waals surface area contributed by atoms with Crippen LogP contribution in [-0.4, -0.2) is 63.2 Å². The molecule has 0 radical (unpaired) electrons. The fourth-order valence-corrected chi connectivity index (χ4v) is 4.78. The van der Waals surface area contributed by atoms with Gasteiger partial charge in [-0.15, -0.1) is 0 Å². The number of anilines is 2. The normalized spacial score (nSPS) is 17.1. The molecule has 2 unspecified atom stereocenters. The van der Waals surface area contributed by atoms with Crippen molar-refractivity contribution in [2.75, 3.05) is 35.9 Å². The molecule has 0 bridgehead atoms. The highest BCUT2D eigenvalue weighted by molar-refractivity contribution is 7.92. The molecule has 1 amide bonds. The molecule has 0 spiro atoms. The van der Waals surface area contributed by atoms with Crippen LogP contribution in [0.2, 0.25) is 0 Å². The highest BCUT2D eigenvalue weighted by atomic mass is 32.2. The number of aliphatic hydroxyl groups excluding tert-OH is 1. The summed E-state index contributed by atoms with van der Waals surface area (Å²) in [7, 11) is 0. The quantitative estimate of drug-likeness (QED) is 0.365. The fraction of sp³-hybridized carbons (Fsp3) is 0.292. The van der Waals surface area contributed by atoms with Crippen molar-refractivity contribution in [3.63, 3.8) is 0 Å². The van der Waals surface area contributed by atoms with Gasteiger partial charge in [0.1, 0.15) is 17.2 Å². The Morgan fingerprint density at radius 3 is 2.61 bits per heavy atom. The summed E-state index contributed by atoms with van der Waals surface area (Å²) in [5, 5.41) is 9.73. The molecule has 3 aromatic rings. The Hall–Kier alpha value is -3.35. The standard InChI is InChI=1S/C24H24F3N5O3S/c1-16-5-2-3-6-18(16)23-19(24(25,26)27)9-10-20(28-23)30-36(35)22-8-4-7-21(29-22)31-11-12-32(15-34)17(13-31)14-33/h2-10,15,17,33H,11-14H2,1H3,(H,28,30). The van der Waals surface area contributed by atoms with Crippen molar-refractivity contribution >= 4 is 29.4 Å². The minimum Gasteiger partial charge on any atom is -0.587 e. The van der Waals surface area contributed by atoms with Crippen LogP contribution in [0.4, 0.5) is 24.8 Å². The van der Waals surface area contributed by atoms with E-state index in [0.29, 0.717) is 43.0 Å². The maximum absolute atomic E-state index is 13.7. The summed E-state index contributed by atoms with van der Waals surface area (Å²) in [6, 6.07) is 13.2. The van der Waals surface area contributed by atoms with E-state index < -0.39 is 23.1 Å². The lowest BCUT2D eigenvalue weighted by Gasteiger charge is -2.39. The van der Waals surface area contributed by atoms with Gasteiger partial charge in [0.2, 0.25) is 6.41 Å². The number of halogens is 3. The SMILES string of the molecule is Cc1ccccc1-c1nc(N[S+]([O-])c2cccc(N3CCN(C=O)C(CO)C3)n2)ccc1C(F)(F)F. The molecule has 190 valence electrons. The number of nitrogens with zero attached hydrogens (tertiary/aromatic N) is 4. The van der Waals surface area contributed by atoms with Gasteiger partial charge in [0.15, 0.2) is 5.82 Å². The number of hydrogen-bond donors (Lipinski definition) is 2. The number of rotatable bonds is 7. The number of aryl methyl sites for hydroxylation is 1. The molecule has 1 aliphatic rings. The van der Waals surface area contributed by atoms with Gasteiger partial charge in [-0.25, -0.2) is 4.98 Å². The maximum atomic E-state index is 13.7. The molecule has 1 saturated heterocycles. The van der Waals surface area contributed by atoms with Crippen molar-refractivity contribution in [1.82, 2.24) is 14.9 Å². The first-order valence-corrected chi connectivity index (χ1v) is 12.2. The Balaban J connectivity index is 1.58. The Bertz CT molecular complexity index is 1230. The number of aromatic nitrogens is 2. The number of piperazine rings is 1. The zero-order valence-corrected chi connectivity index (χ0v) is 20.1. The minimum atomic E-state index is -4.61. The van der Waals surface area contributed by atoms with Gasteiger partial charge in [0.25, 0.3) is 5.03 Å². The number of pyridine rings is 2. The second-order valence-corrected chi connectivity index (χ2v) is 9.40. The molecule has 1 aliphatic heterocycles. The molecule has 1 fully saturated rings. The number of carbonyl (C=O) groups excluding carboxylic acids is 1. The lowest BCUT2D eigenvalue weighted by molar-refractivity contribution is -0.137. The lowest BCUT2D eigenvalue weighted by Crippen LogP contribution is -2.54. The highest BCUT2D eigenvalue weighted by Crippen LogP contribution is 2.38. The summed E-state index contributed by atoms with van der Waals surface area (Å²) in [5.74, 6) is 0.513.